The Morgan fingerprint density at radius 3 is 2.81 bits per heavy atom. The van der Waals surface area contributed by atoms with Crippen LogP contribution in [0.25, 0.3) is 0 Å². The average Bonchev–Trinajstić information content (AvgIpc) is 2.47. The van der Waals surface area contributed by atoms with Gasteiger partial charge in [-0.05, 0) is 50.8 Å². The lowest BCUT2D eigenvalue weighted by Crippen LogP contribution is -2.54. The van der Waals surface area contributed by atoms with Gasteiger partial charge in [0.25, 0.3) is 0 Å². The highest BCUT2D eigenvalue weighted by Gasteiger charge is 2.34. The molecule has 2 N–H and O–H groups in total. The summed E-state index contributed by atoms with van der Waals surface area (Å²) in [5, 5.41) is 6.35. The molecule has 1 aromatic carbocycles. The number of carbonyl (C=O) groups excluding carboxylic acids is 1. The normalized spacial score (nSPS) is 22.1. The predicted molar refractivity (Wildman–Crippen MR) is 85.7 cm³/mol. The number of anilines is 1. The van der Waals surface area contributed by atoms with E-state index in [-0.39, 0.29) is 5.91 Å². The Balaban J connectivity index is 2.06. The molecule has 1 aliphatic heterocycles. The maximum absolute atomic E-state index is 12.6. The van der Waals surface area contributed by atoms with Gasteiger partial charge in [-0.1, -0.05) is 26.0 Å². The van der Waals surface area contributed by atoms with Crippen LogP contribution < -0.4 is 15.4 Å². The predicted octanol–water partition coefficient (Wildman–Crippen LogP) is 3.19. The monoisotopic (exact) mass is 290 g/mol. The molecule has 116 valence electrons. The molecule has 1 heterocycles. The van der Waals surface area contributed by atoms with Crippen LogP contribution >= 0.6 is 0 Å². The van der Waals surface area contributed by atoms with Gasteiger partial charge in [0.05, 0.1) is 17.8 Å². The molecule has 1 fully saturated rings. The smallest absolute Gasteiger partial charge is 0.244 e. The van der Waals surface area contributed by atoms with Gasteiger partial charge >= 0.3 is 0 Å². The van der Waals surface area contributed by atoms with E-state index in [2.05, 4.69) is 24.5 Å². The number of amides is 1. The van der Waals surface area contributed by atoms with E-state index in [0.29, 0.717) is 12.5 Å². The van der Waals surface area contributed by atoms with Crippen molar-refractivity contribution >= 4 is 11.6 Å². The summed E-state index contributed by atoms with van der Waals surface area (Å²) < 4.78 is 5.78. The van der Waals surface area contributed by atoms with Gasteiger partial charge in [-0.2, -0.15) is 0 Å². The van der Waals surface area contributed by atoms with Crippen LogP contribution in [-0.4, -0.2) is 24.6 Å². The van der Waals surface area contributed by atoms with Crippen molar-refractivity contribution in [3.8, 4) is 5.75 Å². The van der Waals surface area contributed by atoms with Crippen LogP contribution in [0.3, 0.4) is 0 Å². The molecule has 1 atom stereocenters. The molecular formula is C17H26N2O2. The van der Waals surface area contributed by atoms with E-state index >= 15 is 0 Å². The number of hydrogen-bond donors (Lipinski definition) is 2. The Hall–Kier alpha value is -1.55. The number of rotatable bonds is 5. The molecule has 2 rings (SSSR count). The van der Waals surface area contributed by atoms with Crippen LogP contribution in [0.5, 0.6) is 5.75 Å². The molecule has 1 aromatic rings. The van der Waals surface area contributed by atoms with Gasteiger partial charge in [-0.3, -0.25) is 4.79 Å². The minimum absolute atomic E-state index is 0.0165. The standard InChI is InChI=1S/C17H26N2O2/c1-13(2)12-21-15-9-5-4-8-14(15)19-16(20)17(3)10-6-7-11-18-17/h4-5,8-9,13,18H,6-7,10-12H2,1-3H3,(H,19,20). The highest BCUT2D eigenvalue weighted by molar-refractivity contribution is 5.98. The van der Waals surface area contributed by atoms with Crippen LogP contribution in [-0.2, 0) is 4.79 Å². The third kappa shape index (κ3) is 4.21. The van der Waals surface area contributed by atoms with Gasteiger partial charge in [0.1, 0.15) is 5.75 Å². The Labute approximate surface area is 127 Å². The molecule has 1 amide bonds. The maximum Gasteiger partial charge on any atom is 0.244 e. The van der Waals surface area contributed by atoms with Crippen LogP contribution in [0.2, 0.25) is 0 Å². The summed E-state index contributed by atoms with van der Waals surface area (Å²) in [6.45, 7) is 7.72. The number of benzene rings is 1. The molecule has 0 saturated carbocycles. The summed E-state index contributed by atoms with van der Waals surface area (Å²) in [6, 6.07) is 7.62. The van der Waals surface area contributed by atoms with Crippen LogP contribution in [0, 0.1) is 5.92 Å². The molecule has 21 heavy (non-hydrogen) atoms. The Morgan fingerprint density at radius 2 is 2.14 bits per heavy atom. The third-order valence-corrected chi connectivity index (χ3v) is 3.83. The first-order valence-corrected chi connectivity index (χ1v) is 7.79. The highest BCUT2D eigenvalue weighted by atomic mass is 16.5. The first-order valence-electron chi connectivity index (χ1n) is 7.79. The van der Waals surface area contributed by atoms with E-state index in [1.807, 2.05) is 31.2 Å². The van der Waals surface area contributed by atoms with Crippen molar-refractivity contribution in [3.05, 3.63) is 24.3 Å². The molecule has 1 saturated heterocycles. The van der Waals surface area contributed by atoms with Gasteiger partial charge < -0.3 is 15.4 Å². The number of carbonyl (C=O) groups is 1. The van der Waals surface area contributed by atoms with Crippen molar-refractivity contribution in [2.24, 2.45) is 5.92 Å². The minimum Gasteiger partial charge on any atom is -0.491 e. The average molecular weight is 290 g/mol. The first-order chi connectivity index (χ1) is 10.0. The number of nitrogens with one attached hydrogen (secondary N) is 2. The van der Waals surface area contributed by atoms with E-state index < -0.39 is 5.54 Å². The van der Waals surface area contributed by atoms with Gasteiger partial charge in [0.15, 0.2) is 0 Å². The van der Waals surface area contributed by atoms with Gasteiger partial charge in [0, 0.05) is 0 Å². The largest absolute Gasteiger partial charge is 0.491 e. The van der Waals surface area contributed by atoms with Gasteiger partial charge in [0.2, 0.25) is 5.91 Å². The molecule has 0 radical (unpaired) electrons. The molecule has 0 aromatic heterocycles. The summed E-state index contributed by atoms with van der Waals surface area (Å²) in [5.41, 5.74) is 0.264. The summed E-state index contributed by atoms with van der Waals surface area (Å²) >= 11 is 0. The van der Waals surface area contributed by atoms with Crippen molar-refractivity contribution in [1.82, 2.24) is 5.32 Å². The fourth-order valence-corrected chi connectivity index (χ4v) is 2.46. The molecule has 0 spiro atoms. The van der Waals surface area contributed by atoms with E-state index in [0.717, 1.165) is 37.2 Å². The second-order valence-electron chi connectivity index (χ2n) is 6.37. The molecule has 4 nitrogen and oxygen atoms in total. The zero-order chi connectivity index (χ0) is 15.3. The number of piperidine rings is 1. The van der Waals surface area contributed by atoms with E-state index in [9.17, 15) is 4.79 Å². The number of para-hydroxylation sites is 2. The Bertz CT molecular complexity index is 479. The zero-order valence-corrected chi connectivity index (χ0v) is 13.2. The van der Waals surface area contributed by atoms with Crippen molar-refractivity contribution < 1.29 is 9.53 Å². The minimum atomic E-state index is -0.483. The lowest BCUT2D eigenvalue weighted by molar-refractivity contribution is -0.122. The van der Waals surface area contributed by atoms with Crippen LogP contribution in [0.15, 0.2) is 24.3 Å². The third-order valence-electron chi connectivity index (χ3n) is 3.83. The summed E-state index contributed by atoms with van der Waals surface area (Å²) in [7, 11) is 0. The van der Waals surface area contributed by atoms with Crippen molar-refractivity contribution in [2.75, 3.05) is 18.5 Å². The fraction of sp³-hybridized carbons (Fsp3) is 0.588. The van der Waals surface area contributed by atoms with Gasteiger partial charge in [-0.15, -0.1) is 0 Å². The van der Waals surface area contributed by atoms with E-state index in [1.54, 1.807) is 0 Å². The summed E-state index contributed by atoms with van der Waals surface area (Å²) in [5.74, 6) is 1.20. The molecule has 0 aliphatic carbocycles. The number of hydrogen-bond acceptors (Lipinski definition) is 3. The molecule has 4 heteroatoms. The number of ether oxygens (including phenoxy) is 1. The Kier molecular flexibility index (Phi) is 5.23. The lowest BCUT2D eigenvalue weighted by atomic mass is 9.90. The zero-order valence-electron chi connectivity index (χ0n) is 13.2. The molecule has 1 unspecified atom stereocenters. The van der Waals surface area contributed by atoms with E-state index in [1.165, 1.54) is 0 Å². The van der Waals surface area contributed by atoms with Crippen molar-refractivity contribution in [1.29, 1.82) is 0 Å². The van der Waals surface area contributed by atoms with Crippen LogP contribution in [0.4, 0.5) is 5.69 Å². The highest BCUT2D eigenvalue weighted by Crippen LogP contribution is 2.27. The SMILES string of the molecule is CC(C)COc1ccccc1NC(=O)C1(C)CCCCN1. The second kappa shape index (κ2) is 6.94. The maximum atomic E-state index is 12.6. The van der Waals surface area contributed by atoms with Crippen molar-refractivity contribution in [3.63, 3.8) is 0 Å². The topological polar surface area (TPSA) is 50.4 Å². The lowest BCUT2D eigenvalue weighted by Gasteiger charge is -2.33. The Morgan fingerprint density at radius 1 is 1.38 bits per heavy atom. The van der Waals surface area contributed by atoms with Gasteiger partial charge in [-0.25, -0.2) is 0 Å². The van der Waals surface area contributed by atoms with E-state index in [4.69, 9.17) is 4.74 Å². The van der Waals surface area contributed by atoms with Crippen molar-refractivity contribution in [2.45, 2.75) is 45.6 Å². The second-order valence-corrected chi connectivity index (χ2v) is 6.37. The summed E-state index contributed by atoms with van der Waals surface area (Å²) in [6.07, 6.45) is 3.09. The van der Waals surface area contributed by atoms with Crippen LogP contribution in [0.1, 0.15) is 40.0 Å². The molecule has 0 bridgehead atoms. The molecular weight excluding hydrogens is 264 g/mol. The summed E-state index contributed by atoms with van der Waals surface area (Å²) in [4.78, 5) is 12.6. The first kappa shape index (κ1) is 15.8. The molecule has 1 aliphatic rings. The quantitative estimate of drug-likeness (QED) is 0.875. The fourth-order valence-electron chi connectivity index (χ4n) is 2.46.